The molecule has 0 heterocycles. The van der Waals surface area contributed by atoms with E-state index in [9.17, 15) is 0 Å². The maximum absolute atomic E-state index is 8.73. The summed E-state index contributed by atoms with van der Waals surface area (Å²) in [5.41, 5.74) is 7.47. The number of unbranched alkanes of at least 4 members (excludes halogenated alkanes) is 2. The summed E-state index contributed by atoms with van der Waals surface area (Å²) in [5.74, 6) is 0.124. The van der Waals surface area contributed by atoms with Crippen LogP contribution < -0.4 is 10.6 Å². The van der Waals surface area contributed by atoms with Gasteiger partial charge in [-0.05, 0) is 54.4 Å². The van der Waals surface area contributed by atoms with E-state index in [1.165, 1.54) is 19.3 Å². The standard InChI is InChI=1S/C15H24BrN3O/c1-4-5-6-9-19(11(2)3)14-8-7-12(10-13(14)16)15(17)18-20/h7-8,10-11,20H,4-6,9H2,1-3H3,(H2,17,18). The SMILES string of the molecule is CCCCCN(c1ccc(/C(N)=N/O)cc1Br)C(C)C. The van der Waals surface area contributed by atoms with Crippen LogP contribution in [-0.4, -0.2) is 23.6 Å². The van der Waals surface area contributed by atoms with Gasteiger partial charge in [-0.2, -0.15) is 0 Å². The largest absolute Gasteiger partial charge is 0.409 e. The third-order valence-electron chi connectivity index (χ3n) is 3.29. The number of anilines is 1. The summed E-state index contributed by atoms with van der Waals surface area (Å²) in [7, 11) is 0. The molecule has 0 bridgehead atoms. The van der Waals surface area contributed by atoms with Gasteiger partial charge in [0.25, 0.3) is 0 Å². The first-order valence-electron chi connectivity index (χ1n) is 7.05. The van der Waals surface area contributed by atoms with Gasteiger partial charge in [0.15, 0.2) is 5.84 Å². The first kappa shape index (κ1) is 16.8. The molecule has 0 fully saturated rings. The zero-order valence-electron chi connectivity index (χ0n) is 12.4. The van der Waals surface area contributed by atoms with Gasteiger partial charge in [0, 0.05) is 22.6 Å². The predicted octanol–water partition coefficient (Wildman–Crippen LogP) is 3.95. The number of halogens is 1. The molecule has 0 atom stereocenters. The van der Waals surface area contributed by atoms with Crippen LogP contribution in [0.15, 0.2) is 27.8 Å². The molecule has 112 valence electrons. The smallest absolute Gasteiger partial charge is 0.170 e. The number of amidine groups is 1. The van der Waals surface area contributed by atoms with E-state index in [1.807, 2.05) is 18.2 Å². The van der Waals surface area contributed by atoms with E-state index in [0.29, 0.717) is 11.6 Å². The lowest BCUT2D eigenvalue weighted by Gasteiger charge is -2.30. The summed E-state index contributed by atoms with van der Waals surface area (Å²) in [6.45, 7) is 7.63. The monoisotopic (exact) mass is 341 g/mol. The maximum Gasteiger partial charge on any atom is 0.170 e. The van der Waals surface area contributed by atoms with Crippen molar-refractivity contribution in [2.24, 2.45) is 10.9 Å². The summed E-state index contributed by atoms with van der Waals surface area (Å²) in [5, 5.41) is 11.8. The summed E-state index contributed by atoms with van der Waals surface area (Å²) in [6, 6.07) is 6.21. The average molecular weight is 342 g/mol. The second kappa shape index (κ2) is 8.15. The Bertz CT molecular complexity index is 460. The van der Waals surface area contributed by atoms with Crippen LogP contribution in [0.3, 0.4) is 0 Å². The number of oxime groups is 1. The van der Waals surface area contributed by atoms with E-state index < -0.39 is 0 Å². The van der Waals surface area contributed by atoms with E-state index in [0.717, 1.165) is 16.7 Å². The van der Waals surface area contributed by atoms with Gasteiger partial charge in [-0.25, -0.2) is 0 Å². The highest BCUT2D eigenvalue weighted by Gasteiger charge is 2.14. The summed E-state index contributed by atoms with van der Waals surface area (Å²) < 4.78 is 0.965. The van der Waals surface area contributed by atoms with Gasteiger partial charge in [0.2, 0.25) is 0 Å². The molecule has 1 rings (SSSR count). The molecular formula is C15H24BrN3O. The van der Waals surface area contributed by atoms with Gasteiger partial charge < -0.3 is 15.8 Å². The van der Waals surface area contributed by atoms with E-state index in [4.69, 9.17) is 10.9 Å². The molecule has 0 unspecified atom stereocenters. The topological polar surface area (TPSA) is 61.8 Å². The molecule has 0 saturated carbocycles. The van der Waals surface area contributed by atoms with Crippen LogP contribution in [-0.2, 0) is 0 Å². The Kier molecular flexibility index (Phi) is 6.85. The molecule has 3 N–H and O–H groups in total. The van der Waals surface area contributed by atoms with Crippen molar-refractivity contribution in [3.8, 4) is 0 Å². The summed E-state index contributed by atoms with van der Waals surface area (Å²) in [4.78, 5) is 2.37. The van der Waals surface area contributed by atoms with Gasteiger partial charge in [0.1, 0.15) is 0 Å². The van der Waals surface area contributed by atoms with Gasteiger partial charge in [-0.15, -0.1) is 0 Å². The van der Waals surface area contributed by atoms with Crippen LogP contribution in [0.1, 0.15) is 45.6 Å². The Labute approximate surface area is 129 Å². The maximum atomic E-state index is 8.73. The zero-order chi connectivity index (χ0) is 15.1. The molecule has 0 aliphatic rings. The first-order chi connectivity index (χ1) is 9.51. The van der Waals surface area contributed by atoms with Crippen LogP contribution in [0.25, 0.3) is 0 Å². The number of nitrogens with zero attached hydrogens (tertiary/aromatic N) is 2. The van der Waals surface area contributed by atoms with Crippen molar-refractivity contribution in [1.82, 2.24) is 0 Å². The minimum absolute atomic E-state index is 0.124. The van der Waals surface area contributed by atoms with Crippen molar-refractivity contribution >= 4 is 27.5 Å². The van der Waals surface area contributed by atoms with Crippen molar-refractivity contribution in [1.29, 1.82) is 0 Å². The van der Waals surface area contributed by atoms with Crippen LogP contribution in [0.4, 0.5) is 5.69 Å². The van der Waals surface area contributed by atoms with Crippen molar-refractivity contribution in [2.75, 3.05) is 11.4 Å². The Morgan fingerprint density at radius 3 is 2.60 bits per heavy atom. The third kappa shape index (κ3) is 4.40. The fraction of sp³-hybridized carbons (Fsp3) is 0.533. The normalized spacial score (nSPS) is 11.9. The molecule has 0 amide bonds. The molecule has 0 spiro atoms. The molecule has 0 aromatic heterocycles. The quantitative estimate of drug-likeness (QED) is 0.259. The Balaban J connectivity index is 2.97. The third-order valence-corrected chi connectivity index (χ3v) is 3.92. The predicted molar refractivity (Wildman–Crippen MR) is 88.7 cm³/mol. The van der Waals surface area contributed by atoms with E-state index >= 15 is 0 Å². The summed E-state index contributed by atoms with van der Waals surface area (Å²) in [6.07, 6.45) is 3.64. The molecular weight excluding hydrogens is 318 g/mol. The van der Waals surface area contributed by atoms with Crippen LogP contribution in [0.5, 0.6) is 0 Å². The molecule has 0 radical (unpaired) electrons. The Hall–Kier alpha value is -1.23. The number of hydrogen-bond acceptors (Lipinski definition) is 3. The molecule has 0 aliphatic heterocycles. The first-order valence-corrected chi connectivity index (χ1v) is 7.84. The zero-order valence-corrected chi connectivity index (χ0v) is 14.0. The lowest BCUT2D eigenvalue weighted by molar-refractivity contribution is 0.318. The van der Waals surface area contributed by atoms with Crippen molar-refractivity contribution < 1.29 is 5.21 Å². The van der Waals surface area contributed by atoms with Crippen molar-refractivity contribution in [2.45, 2.75) is 46.1 Å². The van der Waals surface area contributed by atoms with Crippen molar-refractivity contribution in [3.05, 3.63) is 28.2 Å². The lowest BCUT2D eigenvalue weighted by atomic mass is 10.1. The van der Waals surface area contributed by atoms with Crippen LogP contribution in [0.2, 0.25) is 0 Å². The Morgan fingerprint density at radius 2 is 2.10 bits per heavy atom. The van der Waals surface area contributed by atoms with E-state index in [2.05, 4.69) is 46.8 Å². The van der Waals surface area contributed by atoms with Crippen LogP contribution in [0, 0.1) is 0 Å². The van der Waals surface area contributed by atoms with Gasteiger partial charge in [-0.1, -0.05) is 24.9 Å². The number of nitrogens with two attached hydrogens (primary N) is 1. The van der Waals surface area contributed by atoms with E-state index in [1.54, 1.807) is 0 Å². The van der Waals surface area contributed by atoms with Gasteiger partial charge in [0.05, 0.1) is 5.69 Å². The molecule has 1 aromatic rings. The molecule has 20 heavy (non-hydrogen) atoms. The second-order valence-electron chi connectivity index (χ2n) is 5.15. The Morgan fingerprint density at radius 1 is 1.40 bits per heavy atom. The highest BCUT2D eigenvalue weighted by atomic mass is 79.9. The molecule has 1 aromatic carbocycles. The highest BCUT2D eigenvalue weighted by molar-refractivity contribution is 9.10. The molecule has 0 saturated heterocycles. The molecule has 0 aliphatic carbocycles. The number of hydrogen-bond donors (Lipinski definition) is 2. The lowest BCUT2D eigenvalue weighted by Crippen LogP contribution is -2.32. The van der Waals surface area contributed by atoms with Gasteiger partial charge >= 0.3 is 0 Å². The van der Waals surface area contributed by atoms with Gasteiger partial charge in [-0.3, -0.25) is 0 Å². The van der Waals surface area contributed by atoms with Crippen molar-refractivity contribution in [3.63, 3.8) is 0 Å². The number of rotatable bonds is 7. The highest BCUT2D eigenvalue weighted by Crippen LogP contribution is 2.29. The summed E-state index contributed by atoms with van der Waals surface area (Å²) >= 11 is 3.59. The number of benzene rings is 1. The minimum atomic E-state index is 0.124. The van der Waals surface area contributed by atoms with Crippen LogP contribution >= 0.6 is 15.9 Å². The molecule has 4 nitrogen and oxygen atoms in total. The average Bonchev–Trinajstić information content (AvgIpc) is 2.43. The fourth-order valence-electron chi connectivity index (χ4n) is 2.15. The second-order valence-corrected chi connectivity index (χ2v) is 6.00. The minimum Gasteiger partial charge on any atom is -0.409 e. The molecule has 5 heteroatoms. The fourth-order valence-corrected chi connectivity index (χ4v) is 2.75. The van der Waals surface area contributed by atoms with E-state index in [-0.39, 0.29) is 5.84 Å².